The molecule has 96 valence electrons. The van der Waals surface area contributed by atoms with Gasteiger partial charge in [0.25, 0.3) is 0 Å². The number of hydrogen-bond acceptors (Lipinski definition) is 2. The van der Waals surface area contributed by atoms with Gasteiger partial charge in [0.1, 0.15) is 0 Å². The first-order valence-electron chi connectivity index (χ1n) is 4.80. The molecule has 0 bridgehead atoms. The van der Waals surface area contributed by atoms with Crippen molar-refractivity contribution in [2.75, 3.05) is 13.6 Å². The molecule has 0 aliphatic heterocycles. The Balaban J connectivity index is 3.17. The Morgan fingerprint density at radius 3 is 2.47 bits per heavy atom. The predicted molar refractivity (Wildman–Crippen MR) is 80.0 cm³/mol. The summed E-state index contributed by atoms with van der Waals surface area (Å²) < 4.78 is 27.2. The fourth-order valence-electron chi connectivity index (χ4n) is 1.30. The number of alkyl halides is 1. The number of benzene rings is 1. The van der Waals surface area contributed by atoms with Crippen LogP contribution >= 0.6 is 47.8 Å². The molecule has 1 rings (SSSR count). The van der Waals surface area contributed by atoms with Gasteiger partial charge < -0.3 is 0 Å². The van der Waals surface area contributed by atoms with Crippen LogP contribution in [0, 0.1) is 0 Å². The van der Waals surface area contributed by atoms with Gasteiger partial charge in [-0.3, -0.25) is 0 Å². The smallest absolute Gasteiger partial charge is 0.207 e. The Morgan fingerprint density at radius 2 is 1.94 bits per heavy atom. The van der Waals surface area contributed by atoms with Crippen molar-refractivity contribution in [2.24, 2.45) is 0 Å². The maximum atomic E-state index is 12.3. The lowest BCUT2D eigenvalue weighted by molar-refractivity contribution is 0.473. The topological polar surface area (TPSA) is 37.4 Å². The molecule has 1 unspecified atom stereocenters. The van der Waals surface area contributed by atoms with Crippen molar-refractivity contribution in [1.82, 2.24) is 4.31 Å². The molecule has 0 aliphatic rings. The lowest BCUT2D eigenvalue weighted by Crippen LogP contribution is -2.31. The maximum Gasteiger partial charge on any atom is 0.244 e. The van der Waals surface area contributed by atoms with Crippen molar-refractivity contribution in [3.63, 3.8) is 0 Å². The third-order valence-electron chi connectivity index (χ3n) is 2.09. The molecule has 7 heteroatoms. The number of hydrogen-bond donors (Lipinski definition) is 0. The zero-order valence-electron chi connectivity index (χ0n) is 9.32. The molecule has 0 spiro atoms. The molecule has 0 saturated carbocycles. The summed E-state index contributed by atoms with van der Waals surface area (Å²) in [6.07, 6.45) is 0. The van der Waals surface area contributed by atoms with Gasteiger partial charge in [0, 0.05) is 27.4 Å². The van der Waals surface area contributed by atoms with Crippen LogP contribution in [0.15, 0.2) is 32.0 Å². The van der Waals surface area contributed by atoms with Crippen LogP contribution in [0.1, 0.15) is 6.92 Å². The number of nitrogens with zero attached hydrogens (tertiary/aromatic N) is 1. The Bertz CT molecular complexity index is 502. The van der Waals surface area contributed by atoms with Crippen molar-refractivity contribution >= 4 is 57.8 Å². The first kappa shape index (κ1) is 15.6. The van der Waals surface area contributed by atoms with Crippen molar-refractivity contribution < 1.29 is 8.42 Å². The first-order chi connectivity index (χ1) is 7.75. The summed E-state index contributed by atoms with van der Waals surface area (Å²) in [4.78, 5) is 0.371. The van der Waals surface area contributed by atoms with Crippen LogP contribution in [-0.2, 0) is 10.0 Å². The average Bonchev–Trinajstić information content (AvgIpc) is 2.20. The Labute approximate surface area is 127 Å². The van der Waals surface area contributed by atoms with E-state index < -0.39 is 10.0 Å². The van der Waals surface area contributed by atoms with Gasteiger partial charge in [0.2, 0.25) is 10.0 Å². The van der Waals surface area contributed by atoms with E-state index in [0.29, 0.717) is 11.0 Å². The third kappa shape index (κ3) is 4.02. The summed E-state index contributed by atoms with van der Waals surface area (Å²) in [5.41, 5.74) is 0. The summed E-state index contributed by atoms with van der Waals surface area (Å²) >= 11 is 9.88. The standard InChI is InChI=1S/C10H12Br3NO2S/c1-7(11)6-14(2)17(15,16)10-5-8(12)3-4-9(10)13/h3-5,7H,6H2,1-2H3. The number of sulfonamides is 1. The molecule has 0 N–H and O–H groups in total. The lowest BCUT2D eigenvalue weighted by atomic mass is 10.4. The van der Waals surface area contributed by atoms with E-state index in [1.165, 1.54) is 4.31 Å². The van der Waals surface area contributed by atoms with Gasteiger partial charge in [0.05, 0.1) is 4.90 Å². The summed E-state index contributed by atoms with van der Waals surface area (Å²) in [6.45, 7) is 2.32. The Kier molecular flexibility index (Phi) is 5.65. The highest BCUT2D eigenvalue weighted by atomic mass is 79.9. The van der Waals surface area contributed by atoms with E-state index in [1.807, 2.05) is 6.92 Å². The van der Waals surface area contributed by atoms with E-state index in [1.54, 1.807) is 25.2 Å². The minimum Gasteiger partial charge on any atom is -0.207 e. The van der Waals surface area contributed by atoms with Gasteiger partial charge in [-0.05, 0) is 34.1 Å². The minimum absolute atomic E-state index is 0.105. The van der Waals surface area contributed by atoms with Gasteiger partial charge in [0.15, 0.2) is 0 Å². The predicted octanol–water partition coefficient (Wildman–Crippen LogP) is 3.62. The van der Waals surface area contributed by atoms with Gasteiger partial charge in [-0.15, -0.1) is 0 Å². The van der Waals surface area contributed by atoms with Gasteiger partial charge in [-0.25, -0.2) is 8.42 Å². The van der Waals surface area contributed by atoms with Crippen molar-refractivity contribution in [3.8, 4) is 0 Å². The molecule has 0 fully saturated rings. The highest BCUT2D eigenvalue weighted by Gasteiger charge is 2.24. The van der Waals surface area contributed by atoms with Gasteiger partial charge >= 0.3 is 0 Å². The molecular weight excluding hydrogens is 438 g/mol. The molecular formula is C10H12Br3NO2S. The molecule has 1 aromatic carbocycles. The van der Waals surface area contributed by atoms with Crippen LogP contribution in [0.2, 0.25) is 0 Å². The van der Waals surface area contributed by atoms with Crippen LogP contribution in [0.4, 0.5) is 0 Å². The maximum absolute atomic E-state index is 12.3. The fourth-order valence-corrected chi connectivity index (χ4v) is 4.64. The molecule has 0 heterocycles. The van der Waals surface area contributed by atoms with Crippen molar-refractivity contribution in [1.29, 1.82) is 0 Å². The normalized spacial score (nSPS) is 14.0. The molecule has 1 aromatic rings. The van der Waals surface area contributed by atoms with Crippen LogP contribution in [0.25, 0.3) is 0 Å². The summed E-state index contributed by atoms with van der Waals surface area (Å²) in [5.74, 6) is 0. The molecule has 0 aliphatic carbocycles. The fraction of sp³-hybridized carbons (Fsp3) is 0.400. The van der Waals surface area contributed by atoms with Crippen LogP contribution < -0.4 is 0 Å². The van der Waals surface area contributed by atoms with E-state index in [2.05, 4.69) is 47.8 Å². The highest BCUT2D eigenvalue weighted by Crippen LogP contribution is 2.28. The summed E-state index contributed by atoms with van der Waals surface area (Å²) in [5, 5.41) is 0. The van der Waals surface area contributed by atoms with E-state index in [-0.39, 0.29) is 9.72 Å². The zero-order valence-corrected chi connectivity index (χ0v) is 14.9. The Hall–Kier alpha value is 0.570. The van der Waals surface area contributed by atoms with E-state index in [4.69, 9.17) is 0 Å². The molecule has 17 heavy (non-hydrogen) atoms. The second kappa shape index (κ2) is 6.14. The van der Waals surface area contributed by atoms with E-state index >= 15 is 0 Å². The average molecular weight is 450 g/mol. The monoisotopic (exact) mass is 447 g/mol. The molecule has 1 atom stereocenters. The SMILES string of the molecule is CC(Br)CN(C)S(=O)(=O)c1cc(Br)ccc1Br. The first-order valence-corrected chi connectivity index (χ1v) is 8.75. The summed E-state index contributed by atoms with van der Waals surface area (Å²) in [7, 11) is -1.89. The van der Waals surface area contributed by atoms with Crippen molar-refractivity contribution in [2.45, 2.75) is 16.6 Å². The second-order valence-corrected chi connectivity index (χ2v) is 8.99. The van der Waals surface area contributed by atoms with E-state index in [0.717, 1.165) is 4.47 Å². The molecule has 3 nitrogen and oxygen atoms in total. The van der Waals surface area contributed by atoms with Crippen LogP contribution in [0.5, 0.6) is 0 Å². The highest BCUT2D eigenvalue weighted by molar-refractivity contribution is 9.11. The lowest BCUT2D eigenvalue weighted by Gasteiger charge is -2.19. The zero-order chi connectivity index (χ0) is 13.2. The molecule has 0 radical (unpaired) electrons. The molecule has 0 aromatic heterocycles. The van der Waals surface area contributed by atoms with Gasteiger partial charge in [-0.2, -0.15) is 4.31 Å². The summed E-state index contributed by atoms with van der Waals surface area (Å²) in [6, 6.07) is 5.09. The minimum atomic E-state index is -3.46. The second-order valence-electron chi connectivity index (χ2n) is 3.64. The van der Waals surface area contributed by atoms with Crippen molar-refractivity contribution in [3.05, 3.63) is 27.1 Å². The number of halogens is 3. The van der Waals surface area contributed by atoms with Crippen LogP contribution in [0.3, 0.4) is 0 Å². The Morgan fingerprint density at radius 1 is 1.35 bits per heavy atom. The third-order valence-corrected chi connectivity index (χ3v) is 5.69. The molecule has 0 saturated heterocycles. The van der Waals surface area contributed by atoms with Gasteiger partial charge in [-0.1, -0.05) is 38.8 Å². The van der Waals surface area contributed by atoms with Crippen LogP contribution in [-0.4, -0.2) is 31.1 Å². The molecule has 0 amide bonds. The quantitative estimate of drug-likeness (QED) is 0.658. The largest absolute Gasteiger partial charge is 0.244 e. The van der Waals surface area contributed by atoms with E-state index in [9.17, 15) is 8.42 Å². The number of rotatable bonds is 4.